The summed E-state index contributed by atoms with van der Waals surface area (Å²) in [5.41, 5.74) is -3.22. The number of carbonyl (C=O) groups is 3. The van der Waals surface area contributed by atoms with Crippen molar-refractivity contribution in [2.45, 2.75) is 58.3 Å². The zero-order valence-electron chi connectivity index (χ0n) is 49.9. The van der Waals surface area contributed by atoms with E-state index in [9.17, 15) is 82.4 Å². The third-order valence-corrected chi connectivity index (χ3v) is 15.0. The second-order valence-electron chi connectivity index (χ2n) is 20.3. The Morgan fingerprint density at radius 3 is 1.20 bits per heavy atom. The van der Waals surface area contributed by atoms with Gasteiger partial charge in [-0.15, -0.1) is 13.2 Å². The monoisotopic (exact) mass is 1280 g/mol. The summed E-state index contributed by atoms with van der Waals surface area (Å²) in [6.45, 7) is 13.5. The van der Waals surface area contributed by atoms with E-state index in [1.165, 1.54) is 38.1 Å². The molecule has 0 saturated heterocycles. The predicted octanol–water partition coefficient (Wildman–Crippen LogP) is 11.8. The Labute approximate surface area is 524 Å². The summed E-state index contributed by atoms with van der Waals surface area (Å²) in [4.78, 5) is 107. The van der Waals surface area contributed by atoms with E-state index >= 15 is 0 Å². The number of aryl methyl sites for hydroxylation is 1. The van der Waals surface area contributed by atoms with Crippen LogP contribution in [0.25, 0.3) is 54.8 Å². The molecule has 0 unspecified atom stereocenters. The maximum atomic E-state index is 12.4. The normalized spacial score (nSPS) is 11.0. The van der Waals surface area contributed by atoms with Crippen LogP contribution in [0.5, 0.6) is 28.7 Å². The fourth-order valence-electron chi connectivity index (χ4n) is 8.83. The molecule has 11 aromatic rings. The van der Waals surface area contributed by atoms with E-state index in [1.54, 1.807) is 134 Å². The molecule has 0 aliphatic heterocycles. The number of aliphatic imine (C=N–C) groups is 1. The van der Waals surface area contributed by atoms with Gasteiger partial charge in [0.2, 0.25) is 5.75 Å². The molecule has 93 heavy (non-hydrogen) atoms. The molecule has 6 aromatic carbocycles. The summed E-state index contributed by atoms with van der Waals surface area (Å²) >= 11 is 0. The van der Waals surface area contributed by atoms with Gasteiger partial charge in [-0.3, -0.25) is 29.5 Å². The summed E-state index contributed by atoms with van der Waals surface area (Å²) in [5, 5.41) is 61.7. The Morgan fingerprint density at radius 2 is 0.828 bits per heavy atom. The summed E-state index contributed by atoms with van der Waals surface area (Å²) in [5.74, 6) is -3.77. The quantitative estimate of drug-likeness (QED) is 0.0169. The maximum Gasteiger partial charge on any atom is 0.419 e. The highest BCUT2D eigenvalue weighted by Crippen LogP contribution is 2.32. The number of fused-ring (bicyclic) bond motifs is 5. The Bertz CT molecular complexity index is 5120. The van der Waals surface area contributed by atoms with Crippen molar-refractivity contribution >= 4 is 93.4 Å². The van der Waals surface area contributed by atoms with Gasteiger partial charge in [0, 0.05) is 12.8 Å². The summed E-state index contributed by atoms with van der Waals surface area (Å²) < 4.78 is 49.6. The van der Waals surface area contributed by atoms with E-state index in [2.05, 4.69) is 22.6 Å². The number of benzene rings is 6. The van der Waals surface area contributed by atoms with Crippen LogP contribution in [-0.2, 0) is 9.84 Å². The average Bonchev–Trinajstić information content (AvgIpc) is 0.851. The molecule has 0 bridgehead atoms. The zero-order valence-corrected chi connectivity index (χ0v) is 50.7. The van der Waals surface area contributed by atoms with Crippen LogP contribution < -0.4 is 28.1 Å². The fourth-order valence-corrected chi connectivity index (χ4v) is 9.89. The minimum atomic E-state index is -3.65. The first-order valence-corrected chi connectivity index (χ1v) is 29.3. The van der Waals surface area contributed by atoms with Gasteiger partial charge in [-0.25, -0.2) is 32.4 Å². The SMILES string of the molecule is C=C(C)CCC(=O)c1c(O)c2ccccc2oc1=O.C=CCCC(=O)c1c(O)c2ccccc2oc1=O.CC(=NCS(=O)(=O)c1ccc(C)cc1)c1c(O)c2ccccc2oc1=O.CC(=O)c1c(O)c2ccccc2oc1=O.O=c1oc2ccccc2c(O)c1[N+](=O)[O-]. The summed E-state index contributed by atoms with van der Waals surface area (Å²) in [6.07, 6.45) is 2.76. The standard InChI is InChI=1S/C19H17NO5S.C15H14O4.C14H12O4.C11H8O4.C9H5NO5/c1-12-7-9-14(10-8-12)26(23,24)11-20-13(2)17-18(21)15-5-3-4-6-16(15)25-19(17)22;1-9(2)7-8-11(16)13-14(17)10-5-3-4-6-12(10)19-15(13)18;1-2-3-7-10(15)12-13(16)9-6-4-5-8-11(9)18-14(12)17;1-6(12)9-10(13)7-4-2-3-5-8(7)15-11(9)14;11-8-5-3-1-2-4-6(5)15-9(12)7(8)10(13)14/h3-10,21H,11H2,1-2H3;3-6,17H,1,7-8H2,2H3;2,4-6,8,16H,1,3,7H2;2-5,13H,1H3;1-4,11H. The van der Waals surface area contributed by atoms with Crippen molar-refractivity contribution in [2.75, 3.05) is 5.88 Å². The van der Waals surface area contributed by atoms with Crippen LogP contribution in [0.2, 0.25) is 0 Å². The highest BCUT2D eigenvalue weighted by atomic mass is 32.2. The smallest absolute Gasteiger partial charge is 0.419 e. The molecule has 0 aliphatic carbocycles. The molecule has 0 fully saturated rings. The largest absolute Gasteiger partial charge is 0.506 e. The van der Waals surface area contributed by atoms with E-state index in [1.807, 2.05) is 6.92 Å². The number of rotatable bonds is 14. The first-order chi connectivity index (χ1) is 44.2. The zero-order chi connectivity index (χ0) is 68.0. The molecule has 5 N–H and O–H groups in total. The van der Waals surface area contributed by atoms with Crippen LogP contribution in [0.4, 0.5) is 5.69 Å². The van der Waals surface area contributed by atoms with Crippen molar-refractivity contribution in [1.82, 2.24) is 0 Å². The van der Waals surface area contributed by atoms with Gasteiger partial charge < -0.3 is 47.6 Å². The van der Waals surface area contributed by atoms with E-state index in [4.69, 9.17) is 17.7 Å². The summed E-state index contributed by atoms with van der Waals surface area (Å²) in [6, 6.07) is 38.6. The van der Waals surface area contributed by atoms with E-state index < -0.39 is 77.6 Å². The van der Waals surface area contributed by atoms with Crippen molar-refractivity contribution in [1.29, 1.82) is 0 Å². The Morgan fingerprint density at radius 1 is 0.495 bits per heavy atom. The van der Waals surface area contributed by atoms with Crippen molar-refractivity contribution in [2.24, 2.45) is 4.99 Å². The number of nitrogens with zero attached hydrogens (tertiary/aromatic N) is 2. The molecular weight excluding hydrogens is 1230 g/mol. The van der Waals surface area contributed by atoms with E-state index in [0.29, 0.717) is 34.4 Å². The average molecular weight is 1290 g/mol. The molecule has 0 spiro atoms. The molecule has 25 heteroatoms. The molecule has 5 heterocycles. The summed E-state index contributed by atoms with van der Waals surface area (Å²) in [7, 11) is -3.65. The van der Waals surface area contributed by atoms with Gasteiger partial charge in [0.15, 0.2) is 27.2 Å². The number of Topliss-reactive ketones (excluding diaryl/α,β-unsaturated/α-hetero) is 3. The van der Waals surface area contributed by atoms with Gasteiger partial charge >= 0.3 is 33.8 Å². The topological polar surface area (TPSA) is 393 Å². The Balaban J connectivity index is 0.000000167. The molecule has 0 aliphatic rings. The molecule has 0 saturated carbocycles. The van der Waals surface area contributed by atoms with Gasteiger partial charge in [-0.05, 0) is 113 Å². The first kappa shape index (κ1) is 68.4. The van der Waals surface area contributed by atoms with Crippen LogP contribution in [0, 0.1) is 17.0 Å². The lowest BCUT2D eigenvalue weighted by atomic mass is 10.0. The van der Waals surface area contributed by atoms with Gasteiger partial charge in [-0.2, -0.15) is 0 Å². The van der Waals surface area contributed by atoms with Crippen molar-refractivity contribution in [3.8, 4) is 28.7 Å². The number of allylic oxidation sites excluding steroid dienone is 2. The highest BCUT2D eigenvalue weighted by molar-refractivity contribution is 7.91. The second kappa shape index (κ2) is 29.9. The van der Waals surface area contributed by atoms with Gasteiger partial charge in [0.05, 0.1) is 42.5 Å². The van der Waals surface area contributed by atoms with E-state index in [0.717, 1.165) is 11.1 Å². The number of hydrogen-bond acceptors (Lipinski definition) is 23. The third kappa shape index (κ3) is 16.0. The number of sulfone groups is 1. The number of carbonyl (C=O) groups excluding carboxylic acids is 3. The Kier molecular flexibility index (Phi) is 22.0. The van der Waals surface area contributed by atoms with Crippen molar-refractivity contribution < 1.29 is 75.3 Å². The lowest BCUT2D eigenvalue weighted by Gasteiger charge is -2.07. The van der Waals surface area contributed by atoms with Crippen molar-refractivity contribution in [3.05, 3.63) is 260 Å². The number of nitro groups is 1. The lowest BCUT2D eigenvalue weighted by Crippen LogP contribution is -2.15. The van der Waals surface area contributed by atoms with Gasteiger partial charge in [0.1, 0.15) is 79.0 Å². The predicted molar refractivity (Wildman–Crippen MR) is 345 cm³/mol. The van der Waals surface area contributed by atoms with Gasteiger partial charge in [0.25, 0.3) is 0 Å². The minimum absolute atomic E-state index is 0.0951. The molecule has 476 valence electrons. The third-order valence-electron chi connectivity index (χ3n) is 13.6. The van der Waals surface area contributed by atoms with Crippen LogP contribution >= 0.6 is 0 Å². The van der Waals surface area contributed by atoms with Crippen LogP contribution in [0.15, 0.2) is 226 Å². The molecule has 24 nitrogen and oxygen atoms in total. The highest BCUT2D eigenvalue weighted by Gasteiger charge is 2.25. The number of aromatic hydroxyl groups is 5. The molecule has 11 rings (SSSR count). The van der Waals surface area contributed by atoms with Crippen LogP contribution in [0.1, 0.15) is 88.7 Å². The minimum Gasteiger partial charge on any atom is -0.506 e. The van der Waals surface area contributed by atoms with Crippen LogP contribution in [0.3, 0.4) is 0 Å². The fraction of sp³-hybridized carbons (Fsp3) is 0.132. The van der Waals surface area contributed by atoms with Gasteiger partial charge in [-0.1, -0.05) is 90.0 Å². The molecule has 0 atom stereocenters. The number of ketones is 3. The number of hydrogen-bond donors (Lipinski definition) is 5. The molecule has 0 amide bonds. The van der Waals surface area contributed by atoms with Crippen molar-refractivity contribution in [3.63, 3.8) is 0 Å². The number of para-hydroxylation sites is 5. The molecular formula is C68H56N2O22S. The molecule has 0 radical (unpaired) electrons. The van der Waals surface area contributed by atoms with E-state index in [-0.39, 0.29) is 102 Å². The molecule has 5 aromatic heterocycles. The Hall–Kier alpha value is -12.1. The maximum absolute atomic E-state index is 12.4. The lowest BCUT2D eigenvalue weighted by molar-refractivity contribution is -0.388. The second-order valence-corrected chi connectivity index (χ2v) is 22.2. The van der Waals surface area contributed by atoms with Crippen LogP contribution in [-0.4, -0.2) is 67.8 Å². The first-order valence-electron chi connectivity index (χ1n) is 27.7.